The van der Waals surface area contributed by atoms with Crippen LogP contribution in [0.1, 0.15) is 25.6 Å². The standard InChI is InChI=1S/C16H25N3O6/c1-9(2)4-5-17-6-10-7-19(16(23)18-14(10)22)15-13(24-3)12(21)11(8-20)25-15/h4,7,11-13,15,17,20-21H,5-6,8H2,1-3H3,(H,18,22,23)/t11-,12-,13-,15-/m1/s1. The molecule has 25 heavy (non-hydrogen) atoms. The Labute approximate surface area is 144 Å². The number of hydrogen-bond acceptors (Lipinski definition) is 7. The molecule has 0 amide bonds. The number of hydrogen-bond donors (Lipinski definition) is 4. The van der Waals surface area contributed by atoms with Gasteiger partial charge in [-0.25, -0.2) is 4.79 Å². The van der Waals surface area contributed by atoms with Crippen LogP contribution < -0.4 is 16.6 Å². The van der Waals surface area contributed by atoms with Crippen LogP contribution >= 0.6 is 0 Å². The third-order valence-corrected chi connectivity index (χ3v) is 4.05. The number of aromatic nitrogens is 2. The largest absolute Gasteiger partial charge is 0.394 e. The predicted octanol–water partition coefficient (Wildman–Crippen LogP) is -1.14. The Morgan fingerprint density at radius 2 is 2.20 bits per heavy atom. The maximum Gasteiger partial charge on any atom is 0.330 e. The van der Waals surface area contributed by atoms with Crippen LogP contribution in [0.4, 0.5) is 0 Å². The molecule has 1 fully saturated rings. The zero-order chi connectivity index (χ0) is 18.6. The molecule has 0 bridgehead atoms. The maximum absolute atomic E-state index is 12.2. The van der Waals surface area contributed by atoms with Gasteiger partial charge in [-0.3, -0.25) is 14.3 Å². The Balaban J connectivity index is 2.26. The van der Waals surface area contributed by atoms with Crippen LogP contribution in [0.2, 0.25) is 0 Å². The lowest BCUT2D eigenvalue weighted by atomic mass is 10.1. The first-order chi connectivity index (χ1) is 11.9. The van der Waals surface area contributed by atoms with Gasteiger partial charge in [0.05, 0.1) is 6.61 Å². The van der Waals surface area contributed by atoms with E-state index >= 15 is 0 Å². The number of H-pyrrole nitrogens is 1. The first-order valence-corrected chi connectivity index (χ1v) is 8.04. The molecular weight excluding hydrogens is 330 g/mol. The van der Waals surface area contributed by atoms with Crippen LogP contribution in [0.15, 0.2) is 27.4 Å². The van der Waals surface area contributed by atoms with Crippen molar-refractivity contribution < 1.29 is 19.7 Å². The normalized spacial score (nSPS) is 26.0. The van der Waals surface area contributed by atoms with Gasteiger partial charge in [-0.1, -0.05) is 11.6 Å². The number of nitrogens with one attached hydrogen (secondary N) is 2. The molecular formula is C16H25N3O6. The van der Waals surface area contributed by atoms with Gasteiger partial charge in [0.25, 0.3) is 5.56 Å². The number of methoxy groups -OCH3 is 1. The van der Waals surface area contributed by atoms with E-state index in [2.05, 4.69) is 10.3 Å². The van der Waals surface area contributed by atoms with Crippen molar-refractivity contribution in [1.29, 1.82) is 0 Å². The number of aliphatic hydroxyl groups is 2. The molecule has 0 saturated carbocycles. The molecule has 1 aromatic rings. The molecule has 1 aromatic heterocycles. The molecule has 0 spiro atoms. The van der Waals surface area contributed by atoms with Crippen molar-refractivity contribution in [2.75, 3.05) is 20.3 Å². The number of nitrogens with zero attached hydrogens (tertiary/aromatic N) is 1. The first-order valence-electron chi connectivity index (χ1n) is 8.04. The lowest BCUT2D eigenvalue weighted by Crippen LogP contribution is -2.40. The van der Waals surface area contributed by atoms with Gasteiger partial charge in [-0.15, -0.1) is 0 Å². The van der Waals surface area contributed by atoms with Crippen LogP contribution in [0.3, 0.4) is 0 Å². The minimum absolute atomic E-state index is 0.260. The lowest BCUT2D eigenvalue weighted by molar-refractivity contribution is -0.0626. The van der Waals surface area contributed by atoms with Crippen molar-refractivity contribution in [2.45, 2.75) is 44.9 Å². The van der Waals surface area contributed by atoms with E-state index in [1.54, 1.807) is 0 Å². The molecule has 0 unspecified atom stereocenters. The second kappa shape index (κ2) is 8.54. The minimum Gasteiger partial charge on any atom is -0.394 e. The Morgan fingerprint density at radius 3 is 2.80 bits per heavy atom. The second-order valence-corrected chi connectivity index (χ2v) is 6.17. The zero-order valence-corrected chi connectivity index (χ0v) is 14.6. The Hall–Kier alpha value is -1.78. The molecule has 9 heteroatoms. The molecule has 0 aromatic carbocycles. The molecule has 2 heterocycles. The first kappa shape index (κ1) is 19.5. The van der Waals surface area contributed by atoms with Gasteiger partial charge in [0, 0.05) is 32.0 Å². The van der Waals surface area contributed by atoms with E-state index in [1.807, 2.05) is 19.9 Å². The molecule has 1 aliphatic heterocycles. The summed E-state index contributed by atoms with van der Waals surface area (Å²) >= 11 is 0. The summed E-state index contributed by atoms with van der Waals surface area (Å²) in [5.41, 5.74) is 0.341. The van der Waals surface area contributed by atoms with Crippen molar-refractivity contribution in [3.8, 4) is 0 Å². The van der Waals surface area contributed by atoms with Crippen LogP contribution in [0.25, 0.3) is 0 Å². The Morgan fingerprint density at radius 1 is 1.48 bits per heavy atom. The van der Waals surface area contributed by atoms with Crippen LogP contribution in [0, 0.1) is 0 Å². The smallest absolute Gasteiger partial charge is 0.330 e. The van der Waals surface area contributed by atoms with Crippen LogP contribution in [-0.2, 0) is 16.0 Å². The third kappa shape index (κ3) is 4.44. The highest BCUT2D eigenvalue weighted by molar-refractivity contribution is 5.06. The fraction of sp³-hybridized carbons (Fsp3) is 0.625. The Bertz CT molecular complexity index is 721. The highest BCUT2D eigenvalue weighted by atomic mass is 16.6. The summed E-state index contributed by atoms with van der Waals surface area (Å²) in [5.74, 6) is 0. The number of ether oxygens (including phenoxy) is 2. The van der Waals surface area contributed by atoms with E-state index in [0.29, 0.717) is 12.1 Å². The van der Waals surface area contributed by atoms with Gasteiger partial charge >= 0.3 is 5.69 Å². The van der Waals surface area contributed by atoms with Crippen molar-refractivity contribution >= 4 is 0 Å². The van der Waals surface area contributed by atoms with E-state index in [-0.39, 0.29) is 6.54 Å². The predicted molar refractivity (Wildman–Crippen MR) is 90.3 cm³/mol. The van der Waals surface area contributed by atoms with Gasteiger partial charge in [-0.05, 0) is 13.8 Å². The minimum atomic E-state index is -1.09. The molecule has 9 nitrogen and oxygen atoms in total. The average molecular weight is 355 g/mol. The summed E-state index contributed by atoms with van der Waals surface area (Å²) in [5, 5.41) is 22.5. The highest BCUT2D eigenvalue weighted by Crippen LogP contribution is 2.30. The number of allylic oxidation sites excluding steroid dienone is 1. The molecule has 1 aliphatic rings. The lowest BCUT2D eigenvalue weighted by Gasteiger charge is -2.20. The molecule has 2 rings (SSSR count). The van der Waals surface area contributed by atoms with E-state index < -0.39 is 42.4 Å². The topological polar surface area (TPSA) is 126 Å². The van der Waals surface area contributed by atoms with Crippen molar-refractivity contribution in [3.05, 3.63) is 44.2 Å². The molecule has 1 saturated heterocycles. The van der Waals surface area contributed by atoms with Gasteiger partial charge in [0.2, 0.25) is 0 Å². The van der Waals surface area contributed by atoms with E-state index in [9.17, 15) is 19.8 Å². The van der Waals surface area contributed by atoms with Gasteiger partial charge in [0.15, 0.2) is 6.23 Å². The summed E-state index contributed by atoms with van der Waals surface area (Å²) in [7, 11) is 1.38. The van der Waals surface area contributed by atoms with E-state index in [0.717, 1.165) is 5.57 Å². The number of aromatic amines is 1. The fourth-order valence-electron chi connectivity index (χ4n) is 2.67. The molecule has 0 aliphatic carbocycles. The molecule has 4 atom stereocenters. The SMILES string of the molecule is CO[C@@H]1[C@H](O)[C@@H](CO)O[C@H]1n1cc(CNCC=C(C)C)c(=O)[nH]c1=O. The average Bonchev–Trinajstić information content (AvgIpc) is 2.88. The fourth-order valence-corrected chi connectivity index (χ4v) is 2.67. The van der Waals surface area contributed by atoms with Crippen molar-refractivity contribution in [2.24, 2.45) is 0 Å². The quantitative estimate of drug-likeness (QED) is 0.360. The molecule has 140 valence electrons. The summed E-state index contributed by atoms with van der Waals surface area (Å²) < 4.78 is 11.9. The van der Waals surface area contributed by atoms with Crippen LogP contribution in [0.5, 0.6) is 0 Å². The van der Waals surface area contributed by atoms with Gasteiger partial charge in [0.1, 0.15) is 18.3 Å². The zero-order valence-electron chi connectivity index (χ0n) is 14.6. The maximum atomic E-state index is 12.2. The summed E-state index contributed by atoms with van der Waals surface area (Å²) in [4.78, 5) is 26.4. The second-order valence-electron chi connectivity index (χ2n) is 6.17. The summed E-state index contributed by atoms with van der Waals surface area (Å²) in [6.45, 7) is 4.38. The highest BCUT2D eigenvalue weighted by Gasteiger charge is 2.45. The van der Waals surface area contributed by atoms with Crippen LogP contribution in [-0.4, -0.2) is 58.3 Å². The number of rotatable bonds is 7. The van der Waals surface area contributed by atoms with E-state index in [4.69, 9.17) is 9.47 Å². The van der Waals surface area contributed by atoms with Crippen molar-refractivity contribution in [3.63, 3.8) is 0 Å². The van der Waals surface area contributed by atoms with E-state index in [1.165, 1.54) is 17.9 Å². The summed E-state index contributed by atoms with van der Waals surface area (Å²) in [6, 6.07) is 0. The summed E-state index contributed by atoms with van der Waals surface area (Å²) in [6.07, 6.45) is -0.371. The molecule has 0 radical (unpaired) electrons. The number of aliphatic hydroxyl groups excluding tert-OH is 2. The monoisotopic (exact) mass is 355 g/mol. The third-order valence-electron chi connectivity index (χ3n) is 4.05. The Kier molecular flexibility index (Phi) is 6.68. The molecule has 4 N–H and O–H groups in total. The van der Waals surface area contributed by atoms with Crippen molar-refractivity contribution in [1.82, 2.24) is 14.9 Å². The van der Waals surface area contributed by atoms with Gasteiger partial charge in [-0.2, -0.15) is 0 Å². The van der Waals surface area contributed by atoms with Gasteiger partial charge < -0.3 is 25.0 Å².